The van der Waals surface area contributed by atoms with Crippen LogP contribution in [-0.4, -0.2) is 17.2 Å². The summed E-state index contributed by atoms with van der Waals surface area (Å²) < 4.78 is 5.15. The Hall–Kier alpha value is -1.71. The lowest BCUT2D eigenvalue weighted by atomic mass is 9.96. The average Bonchev–Trinajstić information content (AvgIpc) is 2.15. The first-order valence-electron chi connectivity index (χ1n) is 4.96. The predicted octanol–water partition coefficient (Wildman–Crippen LogP) is 1.68. The highest BCUT2D eigenvalue weighted by Gasteiger charge is 2.23. The molecular weight excluding hydrogens is 194 g/mol. The average molecular weight is 207 g/mol. The van der Waals surface area contributed by atoms with Crippen molar-refractivity contribution >= 4 is 11.7 Å². The van der Waals surface area contributed by atoms with Gasteiger partial charge in [-0.3, -0.25) is 0 Å². The molecule has 0 radical (unpaired) electrons. The number of esters is 1. The highest BCUT2D eigenvalue weighted by atomic mass is 16.5. The first-order chi connectivity index (χ1) is 7.16. The molecule has 1 aromatic carbocycles. The molecule has 0 unspecified atom stereocenters. The van der Waals surface area contributed by atoms with Crippen LogP contribution in [0.4, 0.5) is 5.69 Å². The van der Waals surface area contributed by atoms with Gasteiger partial charge in [0.2, 0.25) is 0 Å². The third-order valence-electron chi connectivity index (χ3n) is 2.57. The second-order valence-corrected chi connectivity index (χ2v) is 3.73. The van der Waals surface area contributed by atoms with E-state index in [9.17, 15) is 9.90 Å². The molecule has 0 amide bonds. The Morgan fingerprint density at radius 2 is 2.20 bits per heavy atom. The van der Waals surface area contributed by atoms with Crippen LogP contribution in [0, 0.1) is 0 Å². The number of anilines is 1. The van der Waals surface area contributed by atoms with E-state index in [1.54, 1.807) is 0 Å². The van der Waals surface area contributed by atoms with E-state index in [0.29, 0.717) is 5.69 Å². The fourth-order valence-corrected chi connectivity index (χ4v) is 1.42. The van der Waals surface area contributed by atoms with Crippen molar-refractivity contribution in [3.05, 3.63) is 23.8 Å². The molecule has 3 N–H and O–H groups in total. The Morgan fingerprint density at radius 1 is 1.47 bits per heavy atom. The second-order valence-electron chi connectivity index (χ2n) is 3.73. The van der Waals surface area contributed by atoms with Crippen molar-refractivity contribution in [1.29, 1.82) is 0 Å². The van der Waals surface area contributed by atoms with Gasteiger partial charge < -0.3 is 15.6 Å². The van der Waals surface area contributed by atoms with E-state index < -0.39 is 5.97 Å². The summed E-state index contributed by atoms with van der Waals surface area (Å²) in [5, 5.41) is 9.45. The number of nitrogens with two attached hydrogens (primary N) is 1. The monoisotopic (exact) mass is 207 g/mol. The summed E-state index contributed by atoms with van der Waals surface area (Å²) >= 11 is 0. The molecular formula is C11H13NO3. The minimum absolute atomic E-state index is 0.0123. The van der Waals surface area contributed by atoms with Crippen LogP contribution >= 0.6 is 0 Å². The molecule has 0 heterocycles. The van der Waals surface area contributed by atoms with Crippen LogP contribution in [0.2, 0.25) is 0 Å². The molecule has 0 saturated heterocycles. The van der Waals surface area contributed by atoms with Crippen LogP contribution in [0.25, 0.3) is 0 Å². The zero-order valence-corrected chi connectivity index (χ0v) is 8.27. The molecule has 1 fully saturated rings. The Morgan fingerprint density at radius 3 is 2.80 bits per heavy atom. The van der Waals surface area contributed by atoms with Gasteiger partial charge in [0.1, 0.15) is 17.4 Å². The van der Waals surface area contributed by atoms with Gasteiger partial charge in [-0.1, -0.05) is 0 Å². The van der Waals surface area contributed by atoms with Gasteiger partial charge in [0.05, 0.1) is 0 Å². The third-order valence-corrected chi connectivity index (χ3v) is 2.57. The summed E-state index contributed by atoms with van der Waals surface area (Å²) in [5.74, 6) is -0.585. The molecule has 1 aliphatic carbocycles. The van der Waals surface area contributed by atoms with Gasteiger partial charge in [0.25, 0.3) is 0 Å². The summed E-state index contributed by atoms with van der Waals surface area (Å²) in [5.41, 5.74) is 6.10. The van der Waals surface area contributed by atoms with Crippen molar-refractivity contribution in [3.8, 4) is 5.75 Å². The summed E-state index contributed by atoms with van der Waals surface area (Å²) in [6.45, 7) is 0. The minimum atomic E-state index is -0.496. The summed E-state index contributed by atoms with van der Waals surface area (Å²) in [6, 6.07) is 4.36. The van der Waals surface area contributed by atoms with E-state index in [1.165, 1.54) is 18.2 Å². The summed E-state index contributed by atoms with van der Waals surface area (Å²) in [6.07, 6.45) is 2.93. The number of phenols is 1. The number of nitrogen functional groups attached to an aromatic ring is 1. The van der Waals surface area contributed by atoms with E-state index in [2.05, 4.69) is 0 Å². The number of benzene rings is 1. The van der Waals surface area contributed by atoms with Crippen molar-refractivity contribution < 1.29 is 14.6 Å². The number of carbonyl (C=O) groups excluding carboxylic acids is 1. The lowest BCUT2D eigenvalue weighted by molar-refractivity contribution is 0.00875. The van der Waals surface area contributed by atoms with Gasteiger partial charge in [-0.25, -0.2) is 4.79 Å². The molecule has 15 heavy (non-hydrogen) atoms. The van der Waals surface area contributed by atoms with Crippen LogP contribution in [0.1, 0.15) is 29.6 Å². The van der Waals surface area contributed by atoms with Gasteiger partial charge >= 0.3 is 5.97 Å². The largest absolute Gasteiger partial charge is 0.507 e. The maximum absolute atomic E-state index is 11.6. The van der Waals surface area contributed by atoms with Crippen LogP contribution in [-0.2, 0) is 4.74 Å². The highest BCUT2D eigenvalue weighted by Crippen LogP contribution is 2.26. The van der Waals surface area contributed by atoms with Crippen molar-refractivity contribution in [1.82, 2.24) is 0 Å². The van der Waals surface area contributed by atoms with E-state index in [1.807, 2.05) is 0 Å². The number of hydrogen-bond donors (Lipinski definition) is 2. The molecule has 1 aliphatic rings. The number of phenolic OH excluding ortho intramolecular Hbond substituents is 1. The molecule has 0 bridgehead atoms. The van der Waals surface area contributed by atoms with Crippen molar-refractivity contribution in [2.24, 2.45) is 0 Å². The molecule has 0 atom stereocenters. The molecule has 0 aliphatic heterocycles. The number of hydrogen-bond acceptors (Lipinski definition) is 4. The zero-order chi connectivity index (χ0) is 10.8. The number of rotatable bonds is 2. The topological polar surface area (TPSA) is 72.5 Å². The van der Waals surface area contributed by atoms with Crippen LogP contribution in [0.15, 0.2) is 18.2 Å². The Bertz CT molecular complexity index is 385. The molecule has 2 rings (SSSR count). The lowest BCUT2D eigenvalue weighted by Gasteiger charge is -2.25. The smallest absolute Gasteiger partial charge is 0.342 e. The standard InChI is InChI=1S/C11H13NO3/c12-7-4-5-10(13)9(6-7)11(14)15-8-2-1-3-8/h4-6,8,13H,1-3,12H2. The summed E-state index contributed by atoms with van der Waals surface area (Å²) in [4.78, 5) is 11.6. The molecule has 4 nitrogen and oxygen atoms in total. The van der Waals surface area contributed by atoms with E-state index in [4.69, 9.17) is 10.5 Å². The fourth-order valence-electron chi connectivity index (χ4n) is 1.42. The Labute approximate surface area is 87.7 Å². The number of ether oxygens (including phenoxy) is 1. The van der Waals surface area contributed by atoms with Crippen molar-refractivity contribution in [2.45, 2.75) is 25.4 Å². The quantitative estimate of drug-likeness (QED) is 0.439. The van der Waals surface area contributed by atoms with Crippen LogP contribution in [0.3, 0.4) is 0 Å². The van der Waals surface area contributed by atoms with Crippen molar-refractivity contribution in [2.75, 3.05) is 5.73 Å². The molecule has 0 spiro atoms. The van der Waals surface area contributed by atoms with Gasteiger partial charge in [0.15, 0.2) is 0 Å². The maximum atomic E-state index is 11.6. The maximum Gasteiger partial charge on any atom is 0.342 e. The fraction of sp³-hybridized carbons (Fsp3) is 0.364. The first-order valence-corrected chi connectivity index (χ1v) is 4.96. The molecule has 0 aromatic heterocycles. The minimum Gasteiger partial charge on any atom is -0.507 e. The molecule has 80 valence electrons. The molecule has 4 heteroatoms. The van der Waals surface area contributed by atoms with Crippen molar-refractivity contribution in [3.63, 3.8) is 0 Å². The number of carbonyl (C=O) groups is 1. The zero-order valence-electron chi connectivity index (χ0n) is 8.27. The first kappa shape index (κ1) is 9.83. The second kappa shape index (κ2) is 3.81. The van der Waals surface area contributed by atoms with Gasteiger partial charge in [-0.05, 0) is 37.5 Å². The van der Waals surface area contributed by atoms with E-state index in [0.717, 1.165) is 19.3 Å². The van der Waals surface area contributed by atoms with E-state index in [-0.39, 0.29) is 17.4 Å². The Balaban J connectivity index is 2.12. The summed E-state index contributed by atoms with van der Waals surface area (Å²) in [7, 11) is 0. The molecule has 1 aromatic rings. The predicted molar refractivity (Wildman–Crippen MR) is 55.6 cm³/mol. The van der Waals surface area contributed by atoms with Crippen LogP contribution in [0.5, 0.6) is 5.75 Å². The number of aromatic hydroxyl groups is 1. The molecule has 1 saturated carbocycles. The normalized spacial score (nSPS) is 15.7. The van der Waals surface area contributed by atoms with Crippen LogP contribution < -0.4 is 5.73 Å². The van der Waals surface area contributed by atoms with Gasteiger partial charge in [-0.2, -0.15) is 0 Å². The SMILES string of the molecule is Nc1ccc(O)c(C(=O)OC2CCC2)c1. The lowest BCUT2D eigenvalue weighted by Crippen LogP contribution is -2.25. The van der Waals surface area contributed by atoms with Gasteiger partial charge in [0, 0.05) is 5.69 Å². The third kappa shape index (κ3) is 2.03. The highest BCUT2D eigenvalue weighted by molar-refractivity contribution is 5.93. The van der Waals surface area contributed by atoms with E-state index >= 15 is 0 Å². The van der Waals surface area contributed by atoms with Gasteiger partial charge in [-0.15, -0.1) is 0 Å². The Kier molecular flexibility index (Phi) is 2.49.